The van der Waals surface area contributed by atoms with Gasteiger partial charge in [0.25, 0.3) is 0 Å². The van der Waals surface area contributed by atoms with E-state index in [1.807, 2.05) is 34.6 Å². The standard InChI is InChI=1S/C16H29N3O2S/c1-7-8-13(9-18-15(20)21-16(4,5)6)17-10-14-11(2)19-12(3)22-14/h13,17H,7-10H2,1-6H3,(H,18,20). The molecule has 0 bridgehead atoms. The van der Waals surface area contributed by atoms with Crippen molar-refractivity contribution >= 4 is 17.4 Å². The van der Waals surface area contributed by atoms with Gasteiger partial charge in [-0.3, -0.25) is 0 Å². The first-order chi connectivity index (χ1) is 10.2. The molecule has 1 atom stereocenters. The van der Waals surface area contributed by atoms with Gasteiger partial charge in [0.2, 0.25) is 0 Å². The lowest BCUT2D eigenvalue weighted by Crippen LogP contribution is -2.42. The number of nitrogens with zero attached hydrogens (tertiary/aromatic N) is 1. The van der Waals surface area contributed by atoms with Crippen molar-refractivity contribution in [3.8, 4) is 0 Å². The third kappa shape index (κ3) is 7.22. The summed E-state index contributed by atoms with van der Waals surface area (Å²) in [7, 11) is 0. The number of thiazole rings is 1. The average Bonchev–Trinajstić information content (AvgIpc) is 2.69. The molecule has 126 valence electrons. The predicted molar refractivity (Wildman–Crippen MR) is 91.4 cm³/mol. The summed E-state index contributed by atoms with van der Waals surface area (Å²) in [6.07, 6.45) is 1.71. The molecule has 0 aliphatic heterocycles. The van der Waals surface area contributed by atoms with Crippen LogP contribution in [0.1, 0.15) is 56.1 Å². The maximum atomic E-state index is 11.7. The van der Waals surface area contributed by atoms with E-state index in [-0.39, 0.29) is 12.1 Å². The second kappa shape index (κ2) is 8.48. The molecule has 1 rings (SSSR count). The molecule has 1 amide bonds. The van der Waals surface area contributed by atoms with Gasteiger partial charge in [0.1, 0.15) is 5.60 Å². The molecule has 0 radical (unpaired) electrons. The van der Waals surface area contributed by atoms with Gasteiger partial charge in [-0.25, -0.2) is 9.78 Å². The van der Waals surface area contributed by atoms with Gasteiger partial charge in [0.05, 0.1) is 10.7 Å². The van der Waals surface area contributed by atoms with Crippen LogP contribution < -0.4 is 10.6 Å². The van der Waals surface area contributed by atoms with Crippen LogP contribution in [0.15, 0.2) is 0 Å². The molecule has 5 nitrogen and oxygen atoms in total. The molecule has 0 fully saturated rings. The molecule has 1 heterocycles. The van der Waals surface area contributed by atoms with E-state index in [0.29, 0.717) is 6.54 Å². The Morgan fingerprint density at radius 3 is 2.55 bits per heavy atom. The van der Waals surface area contributed by atoms with Crippen molar-refractivity contribution in [3.05, 3.63) is 15.6 Å². The highest BCUT2D eigenvalue weighted by molar-refractivity contribution is 7.11. The number of hydrogen-bond acceptors (Lipinski definition) is 5. The lowest BCUT2D eigenvalue weighted by atomic mass is 10.1. The maximum absolute atomic E-state index is 11.7. The van der Waals surface area contributed by atoms with E-state index >= 15 is 0 Å². The van der Waals surface area contributed by atoms with Crippen LogP contribution in [0.25, 0.3) is 0 Å². The third-order valence-corrected chi connectivity index (χ3v) is 4.15. The normalized spacial score (nSPS) is 13.0. The molecule has 0 aromatic carbocycles. The molecule has 0 aliphatic rings. The molecule has 0 saturated heterocycles. The summed E-state index contributed by atoms with van der Waals surface area (Å²) < 4.78 is 5.27. The quantitative estimate of drug-likeness (QED) is 0.804. The SMILES string of the molecule is CCCC(CNC(=O)OC(C)(C)C)NCc1sc(C)nc1C. The summed E-state index contributed by atoms with van der Waals surface area (Å²) in [5.41, 5.74) is 0.625. The number of amides is 1. The molecular weight excluding hydrogens is 298 g/mol. The fourth-order valence-electron chi connectivity index (χ4n) is 2.12. The van der Waals surface area contributed by atoms with Crippen molar-refractivity contribution in [1.82, 2.24) is 15.6 Å². The van der Waals surface area contributed by atoms with Crippen LogP contribution in [0.2, 0.25) is 0 Å². The average molecular weight is 327 g/mol. The molecule has 0 spiro atoms. The van der Waals surface area contributed by atoms with Gasteiger partial charge in [-0.05, 0) is 41.0 Å². The topological polar surface area (TPSA) is 63.2 Å². The van der Waals surface area contributed by atoms with Gasteiger partial charge in [-0.1, -0.05) is 13.3 Å². The second-order valence-corrected chi connectivity index (χ2v) is 7.78. The first-order valence-electron chi connectivity index (χ1n) is 7.84. The molecule has 2 N–H and O–H groups in total. The van der Waals surface area contributed by atoms with Gasteiger partial charge >= 0.3 is 6.09 Å². The Balaban J connectivity index is 2.45. The second-order valence-electron chi connectivity index (χ2n) is 6.49. The number of carbonyl (C=O) groups excluding carboxylic acids is 1. The number of ether oxygens (including phenoxy) is 1. The third-order valence-electron chi connectivity index (χ3n) is 3.08. The van der Waals surface area contributed by atoms with Crippen LogP contribution in [-0.2, 0) is 11.3 Å². The number of rotatable bonds is 7. The van der Waals surface area contributed by atoms with Crippen molar-refractivity contribution < 1.29 is 9.53 Å². The first-order valence-corrected chi connectivity index (χ1v) is 8.66. The van der Waals surface area contributed by atoms with E-state index in [0.717, 1.165) is 30.1 Å². The van der Waals surface area contributed by atoms with Crippen LogP contribution in [0, 0.1) is 13.8 Å². The van der Waals surface area contributed by atoms with E-state index in [2.05, 4.69) is 22.5 Å². The van der Waals surface area contributed by atoms with Gasteiger partial charge < -0.3 is 15.4 Å². The zero-order valence-electron chi connectivity index (χ0n) is 14.6. The number of alkyl carbamates (subject to hydrolysis) is 1. The monoisotopic (exact) mass is 327 g/mol. The summed E-state index contributed by atoms with van der Waals surface area (Å²) in [4.78, 5) is 17.4. The predicted octanol–water partition coefficient (Wildman–Crippen LogP) is 3.54. The fraction of sp³-hybridized carbons (Fsp3) is 0.750. The number of carbonyl (C=O) groups is 1. The van der Waals surface area contributed by atoms with Gasteiger partial charge in [0.15, 0.2) is 0 Å². The summed E-state index contributed by atoms with van der Waals surface area (Å²) in [6, 6.07) is 0.235. The summed E-state index contributed by atoms with van der Waals surface area (Å²) in [5, 5.41) is 7.44. The zero-order chi connectivity index (χ0) is 16.8. The minimum atomic E-state index is -0.463. The van der Waals surface area contributed by atoms with Gasteiger partial charge in [-0.2, -0.15) is 0 Å². The van der Waals surface area contributed by atoms with E-state index in [1.165, 1.54) is 4.88 Å². The Hall–Kier alpha value is -1.14. The van der Waals surface area contributed by atoms with Gasteiger partial charge in [-0.15, -0.1) is 11.3 Å². The first kappa shape index (κ1) is 18.9. The fourth-order valence-corrected chi connectivity index (χ4v) is 3.01. The van der Waals surface area contributed by atoms with E-state index in [9.17, 15) is 4.79 Å². The van der Waals surface area contributed by atoms with E-state index in [1.54, 1.807) is 11.3 Å². The van der Waals surface area contributed by atoms with Crippen LogP contribution in [0.3, 0.4) is 0 Å². The van der Waals surface area contributed by atoms with E-state index < -0.39 is 5.60 Å². The van der Waals surface area contributed by atoms with Crippen LogP contribution >= 0.6 is 11.3 Å². The summed E-state index contributed by atoms with van der Waals surface area (Å²) >= 11 is 1.72. The lowest BCUT2D eigenvalue weighted by Gasteiger charge is -2.22. The summed E-state index contributed by atoms with van der Waals surface area (Å²) in [6.45, 7) is 13.2. The highest BCUT2D eigenvalue weighted by Gasteiger charge is 2.17. The molecule has 1 aromatic heterocycles. The molecule has 1 aromatic rings. The Kier molecular flexibility index (Phi) is 7.29. The number of aryl methyl sites for hydroxylation is 2. The lowest BCUT2D eigenvalue weighted by molar-refractivity contribution is 0.0521. The minimum absolute atomic E-state index is 0.235. The minimum Gasteiger partial charge on any atom is -0.444 e. The largest absolute Gasteiger partial charge is 0.444 e. The molecule has 6 heteroatoms. The van der Waals surface area contributed by atoms with Gasteiger partial charge in [0, 0.05) is 24.0 Å². The molecular formula is C16H29N3O2S. The number of hydrogen-bond donors (Lipinski definition) is 2. The van der Waals surface area contributed by atoms with Crippen molar-refractivity contribution in [3.63, 3.8) is 0 Å². The highest BCUT2D eigenvalue weighted by Crippen LogP contribution is 2.17. The summed E-state index contributed by atoms with van der Waals surface area (Å²) in [5.74, 6) is 0. The van der Waals surface area contributed by atoms with Crippen LogP contribution in [-0.4, -0.2) is 29.3 Å². The smallest absolute Gasteiger partial charge is 0.407 e. The molecule has 0 aliphatic carbocycles. The zero-order valence-corrected chi connectivity index (χ0v) is 15.4. The Morgan fingerprint density at radius 2 is 2.05 bits per heavy atom. The van der Waals surface area contributed by atoms with Crippen LogP contribution in [0.5, 0.6) is 0 Å². The highest BCUT2D eigenvalue weighted by atomic mass is 32.1. The van der Waals surface area contributed by atoms with Crippen LogP contribution in [0.4, 0.5) is 4.79 Å². The Morgan fingerprint density at radius 1 is 1.36 bits per heavy atom. The van der Waals surface area contributed by atoms with Crippen molar-refractivity contribution in [2.45, 2.75) is 72.6 Å². The molecule has 1 unspecified atom stereocenters. The van der Waals surface area contributed by atoms with E-state index in [4.69, 9.17) is 4.74 Å². The van der Waals surface area contributed by atoms with Crippen molar-refractivity contribution in [2.75, 3.05) is 6.54 Å². The molecule has 0 saturated carbocycles. The van der Waals surface area contributed by atoms with Crippen molar-refractivity contribution in [2.24, 2.45) is 0 Å². The Bertz CT molecular complexity index is 480. The maximum Gasteiger partial charge on any atom is 0.407 e. The number of nitrogens with one attached hydrogen (secondary N) is 2. The van der Waals surface area contributed by atoms with Crippen molar-refractivity contribution in [1.29, 1.82) is 0 Å². The Labute approximate surface area is 137 Å². The molecule has 22 heavy (non-hydrogen) atoms. The number of aromatic nitrogens is 1.